The third-order valence-electron chi connectivity index (χ3n) is 3.88. The molecule has 0 aliphatic rings. The SMILES string of the molecule is C[C@H](Nc1ncnc(Cl)c1N)Sc1cc2nccn2nc1-c1ccccc1. The van der Waals surface area contributed by atoms with Gasteiger partial charge in [-0.25, -0.2) is 19.5 Å². The molecule has 0 fully saturated rings. The molecule has 0 spiro atoms. The largest absolute Gasteiger partial charge is 0.393 e. The van der Waals surface area contributed by atoms with Crippen molar-refractivity contribution in [3.05, 3.63) is 60.3 Å². The zero-order valence-corrected chi connectivity index (χ0v) is 15.9. The van der Waals surface area contributed by atoms with Crippen molar-refractivity contribution >= 4 is 40.5 Å². The lowest BCUT2D eigenvalue weighted by atomic mass is 10.1. The molecular formula is C18H16ClN7S. The van der Waals surface area contributed by atoms with Crippen LogP contribution >= 0.6 is 23.4 Å². The van der Waals surface area contributed by atoms with Crippen LogP contribution in [0.5, 0.6) is 0 Å². The van der Waals surface area contributed by atoms with Crippen molar-refractivity contribution in [1.82, 2.24) is 24.6 Å². The minimum atomic E-state index is -0.0417. The maximum absolute atomic E-state index is 5.97. The Labute approximate surface area is 165 Å². The number of nitrogens with zero attached hydrogens (tertiary/aromatic N) is 5. The average Bonchev–Trinajstić information content (AvgIpc) is 3.13. The van der Waals surface area contributed by atoms with Crippen LogP contribution in [0.4, 0.5) is 11.5 Å². The zero-order valence-electron chi connectivity index (χ0n) is 14.4. The number of halogens is 1. The first-order valence-electron chi connectivity index (χ1n) is 8.21. The molecule has 0 unspecified atom stereocenters. The van der Waals surface area contributed by atoms with Gasteiger partial charge in [-0.05, 0) is 13.0 Å². The van der Waals surface area contributed by atoms with Gasteiger partial charge in [-0.1, -0.05) is 53.7 Å². The highest BCUT2D eigenvalue weighted by Gasteiger charge is 2.15. The van der Waals surface area contributed by atoms with Gasteiger partial charge in [-0.2, -0.15) is 5.10 Å². The molecule has 1 atom stereocenters. The molecule has 0 amide bonds. The quantitative estimate of drug-likeness (QED) is 0.299. The summed E-state index contributed by atoms with van der Waals surface area (Å²) < 4.78 is 1.77. The van der Waals surface area contributed by atoms with E-state index in [1.807, 2.05) is 49.5 Å². The molecule has 0 radical (unpaired) electrons. The highest BCUT2D eigenvalue weighted by molar-refractivity contribution is 8.00. The molecule has 3 heterocycles. The van der Waals surface area contributed by atoms with E-state index in [2.05, 4.69) is 20.3 Å². The van der Waals surface area contributed by atoms with Crippen LogP contribution in [0.3, 0.4) is 0 Å². The van der Waals surface area contributed by atoms with Gasteiger partial charge in [0.15, 0.2) is 16.6 Å². The highest BCUT2D eigenvalue weighted by Crippen LogP contribution is 2.34. The first kappa shape index (κ1) is 17.6. The van der Waals surface area contributed by atoms with Crippen molar-refractivity contribution in [3.63, 3.8) is 0 Å². The van der Waals surface area contributed by atoms with Gasteiger partial charge < -0.3 is 11.1 Å². The van der Waals surface area contributed by atoms with E-state index in [0.717, 1.165) is 21.8 Å². The number of benzene rings is 1. The predicted octanol–water partition coefficient (Wildman–Crippen LogP) is 3.97. The van der Waals surface area contributed by atoms with Crippen molar-refractivity contribution < 1.29 is 0 Å². The van der Waals surface area contributed by atoms with E-state index >= 15 is 0 Å². The normalized spacial score (nSPS) is 12.2. The summed E-state index contributed by atoms with van der Waals surface area (Å²) in [6, 6.07) is 12.1. The van der Waals surface area contributed by atoms with E-state index in [1.54, 1.807) is 22.5 Å². The van der Waals surface area contributed by atoms with Crippen LogP contribution in [0, 0.1) is 0 Å². The number of fused-ring (bicyclic) bond motifs is 1. The second-order valence-corrected chi connectivity index (χ2v) is 7.53. The number of hydrogen-bond acceptors (Lipinski definition) is 7. The number of aromatic nitrogens is 5. The average molecular weight is 398 g/mol. The number of anilines is 2. The Morgan fingerprint density at radius 3 is 2.81 bits per heavy atom. The van der Waals surface area contributed by atoms with Gasteiger partial charge in [0.1, 0.15) is 17.7 Å². The minimum absolute atomic E-state index is 0.0417. The third kappa shape index (κ3) is 3.67. The Balaban J connectivity index is 1.67. The summed E-state index contributed by atoms with van der Waals surface area (Å²) in [4.78, 5) is 13.4. The van der Waals surface area contributed by atoms with E-state index in [0.29, 0.717) is 11.5 Å². The molecule has 0 aliphatic carbocycles. The smallest absolute Gasteiger partial charge is 0.157 e. The van der Waals surface area contributed by atoms with Crippen molar-refractivity contribution in [3.8, 4) is 11.3 Å². The first-order valence-corrected chi connectivity index (χ1v) is 9.46. The third-order valence-corrected chi connectivity index (χ3v) is 5.21. The summed E-state index contributed by atoms with van der Waals surface area (Å²) in [6.45, 7) is 2.02. The Bertz CT molecular complexity index is 1080. The number of rotatable bonds is 5. The fourth-order valence-electron chi connectivity index (χ4n) is 2.63. The first-order chi connectivity index (χ1) is 13.1. The summed E-state index contributed by atoms with van der Waals surface area (Å²) in [6.07, 6.45) is 4.95. The van der Waals surface area contributed by atoms with Crippen molar-refractivity contribution in [2.45, 2.75) is 17.2 Å². The van der Waals surface area contributed by atoms with E-state index in [4.69, 9.17) is 22.4 Å². The molecule has 0 aliphatic heterocycles. The molecule has 4 rings (SSSR count). The lowest BCUT2D eigenvalue weighted by molar-refractivity contribution is 0.922. The predicted molar refractivity (Wildman–Crippen MR) is 109 cm³/mol. The van der Waals surface area contributed by atoms with Gasteiger partial charge in [-0.15, -0.1) is 0 Å². The van der Waals surface area contributed by atoms with Gasteiger partial charge in [0.05, 0.1) is 5.37 Å². The lowest BCUT2D eigenvalue weighted by Crippen LogP contribution is -2.14. The van der Waals surface area contributed by atoms with Gasteiger partial charge in [-0.3, -0.25) is 0 Å². The molecule has 0 saturated carbocycles. The van der Waals surface area contributed by atoms with Gasteiger partial charge >= 0.3 is 0 Å². The maximum Gasteiger partial charge on any atom is 0.157 e. The van der Waals surface area contributed by atoms with Crippen LogP contribution in [-0.2, 0) is 0 Å². The van der Waals surface area contributed by atoms with Gasteiger partial charge in [0.2, 0.25) is 0 Å². The van der Waals surface area contributed by atoms with Crippen molar-refractivity contribution in [1.29, 1.82) is 0 Å². The molecule has 1 aromatic carbocycles. The Morgan fingerprint density at radius 1 is 1.19 bits per heavy atom. The number of hydrogen-bond donors (Lipinski definition) is 2. The highest BCUT2D eigenvalue weighted by atomic mass is 35.5. The number of imidazole rings is 1. The number of nitrogen functional groups attached to an aromatic ring is 1. The minimum Gasteiger partial charge on any atom is -0.393 e. The summed E-state index contributed by atoms with van der Waals surface area (Å²) in [5, 5.41) is 8.19. The number of nitrogens with two attached hydrogens (primary N) is 1. The molecule has 9 heteroatoms. The van der Waals surface area contributed by atoms with E-state index in [-0.39, 0.29) is 10.5 Å². The topological polar surface area (TPSA) is 94.0 Å². The monoisotopic (exact) mass is 397 g/mol. The molecule has 7 nitrogen and oxygen atoms in total. The number of thioether (sulfide) groups is 1. The Morgan fingerprint density at radius 2 is 2.00 bits per heavy atom. The molecule has 3 aromatic heterocycles. The van der Waals surface area contributed by atoms with Crippen LogP contribution < -0.4 is 11.1 Å². The molecule has 4 aromatic rings. The summed E-state index contributed by atoms with van der Waals surface area (Å²) in [7, 11) is 0. The summed E-state index contributed by atoms with van der Waals surface area (Å²) >= 11 is 7.58. The second-order valence-electron chi connectivity index (χ2n) is 5.78. The molecular weight excluding hydrogens is 382 g/mol. The van der Waals surface area contributed by atoms with E-state index in [9.17, 15) is 0 Å². The van der Waals surface area contributed by atoms with Crippen LogP contribution in [-0.4, -0.2) is 29.9 Å². The van der Waals surface area contributed by atoms with Gasteiger partial charge in [0, 0.05) is 22.9 Å². The standard InChI is InChI=1S/C18H16ClN7S/c1-11(24-18-15(20)17(19)22-10-23-18)27-13-9-14-21-7-8-26(14)25-16(13)12-5-3-2-4-6-12/h2-11H,20H2,1H3,(H,22,23,24)/t11-/m1/s1. The zero-order chi connectivity index (χ0) is 18.8. The van der Waals surface area contributed by atoms with Crippen LogP contribution in [0.25, 0.3) is 16.9 Å². The summed E-state index contributed by atoms with van der Waals surface area (Å²) in [5.74, 6) is 0.506. The van der Waals surface area contributed by atoms with Gasteiger partial charge in [0.25, 0.3) is 0 Å². The van der Waals surface area contributed by atoms with Crippen LogP contribution in [0.1, 0.15) is 6.92 Å². The Hall–Kier alpha value is -2.84. The molecule has 136 valence electrons. The van der Waals surface area contributed by atoms with Crippen LogP contribution in [0.15, 0.2) is 60.0 Å². The van der Waals surface area contributed by atoms with Crippen molar-refractivity contribution in [2.75, 3.05) is 11.1 Å². The maximum atomic E-state index is 5.97. The van der Waals surface area contributed by atoms with E-state index in [1.165, 1.54) is 6.33 Å². The number of nitrogens with one attached hydrogen (secondary N) is 1. The molecule has 0 saturated heterocycles. The van der Waals surface area contributed by atoms with Crippen molar-refractivity contribution in [2.24, 2.45) is 0 Å². The summed E-state index contributed by atoms with van der Waals surface area (Å²) in [5.41, 5.74) is 8.99. The molecule has 3 N–H and O–H groups in total. The second kappa shape index (κ2) is 7.42. The Kier molecular flexibility index (Phi) is 4.83. The molecule has 27 heavy (non-hydrogen) atoms. The van der Waals surface area contributed by atoms with Crippen LogP contribution in [0.2, 0.25) is 5.15 Å². The molecule has 0 bridgehead atoms. The lowest BCUT2D eigenvalue weighted by Gasteiger charge is -2.17. The fourth-order valence-corrected chi connectivity index (χ4v) is 3.75. The van der Waals surface area contributed by atoms with E-state index < -0.39 is 0 Å². The fraction of sp³-hybridized carbons (Fsp3) is 0.111.